The van der Waals surface area contributed by atoms with E-state index in [2.05, 4.69) is 21.3 Å². The van der Waals surface area contributed by atoms with E-state index in [1.54, 1.807) is 30.3 Å². The van der Waals surface area contributed by atoms with E-state index in [4.69, 9.17) is 0 Å². The summed E-state index contributed by atoms with van der Waals surface area (Å²) in [5.74, 6) is 0.904. The standard InChI is InChI=1S/C18H29N5O2S/c1-14(2)17(25)22-7-9-23(10-8-22)18(20-13-16(24)21(3)4)19-12-15-6-5-11-26-15/h5-6,11,14H,7-10,12-13H2,1-4H3,(H,19,20). The van der Waals surface area contributed by atoms with Crippen molar-refractivity contribution in [2.75, 3.05) is 46.8 Å². The smallest absolute Gasteiger partial charge is 0.243 e. The Morgan fingerprint density at radius 3 is 2.42 bits per heavy atom. The summed E-state index contributed by atoms with van der Waals surface area (Å²) in [5, 5.41) is 5.41. The molecule has 1 N–H and O–H groups in total. The maximum atomic E-state index is 12.2. The van der Waals surface area contributed by atoms with Gasteiger partial charge in [-0.05, 0) is 11.4 Å². The molecule has 0 aromatic carbocycles. The highest BCUT2D eigenvalue weighted by atomic mass is 32.1. The SMILES string of the molecule is CC(C)C(=O)N1CCN(C(=NCC(=O)N(C)C)NCc2cccs2)CC1. The largest absolute Gasteiger partial charge is 0.351 e. The van der Waals surface area contributed by atoms with Gasteiger partial charge in [0.05, 0.1) is 6.54 Å². The zero-order valence-electron chi connectivity index (χ0n) is 16.1. The molecule has 1 aliphatic rings. The highest BCUT2D eigenvalue weighted by Gasteiger charge is 2.24. The van der Waals surface area contributed by atoms with E-state index >= 15 is 0 Å². The van der Waals surface area contributed by atoms with Crippen LogP contribution in [0, 0.1) is 5.92 Å². The van der Waals surface area contributed by atoms with Crippen LogP contribution in [-0.4, -0.2) is 79.3 Å². The first kappa shape index (κ1) is 20.2. The minimum Gasteiger partial charge on any atom is -0.351 e. The van der Waals surface area contributed by atoms with E-state index in [9.17, 15) is 9.59 Å². The molecule has 1 saturated heterocycles. The molecular formula is C18H29N5O2S. The van der Waals surface area contributed by atoms with Crippen LogP contribution in [-0.2, 0) is 16.1 Å². The van der Waals surface area contributed by atoms with Crippen LogP contribution in [0.25, 0.3) is 0 Å². The molecule has 26 heavy (non-hydrogen) atoms. The Morgan fingerprint density at radius 1 is 1.23 bits per heavy atom. The van der Waals surface area contributed by atoms with Gasteiger partial charge in [0, 0.05) is 51.1 Å². The summed E-state index contributed by atoms with van der Waals surface area (Å²) in [7, 11) is 3.46. The van der Waals surface area contributed by atoms with Crippen LogP contribution in [0.3, 0.4) is 0 Å². The van der Waals surface area contributed by atoms with Crippen molar-refractivity contribution in [3.8, 4) is 0 Å². The van der Waals surface area contributed by atoms with E-state index in [0.29, 0.717) is 32.7 Å². The summed E-state index contributed by atoms with van der Waals surface area (Å²) in [5.41, 5.74) is 0. The Morgan fingerprint density at radius 2 is 1.88 bits per heavy atom. The summed E-state index contributed by atoms with van der Waals surface area (Å²) < 4.78 is 0. The van der Waals surface area contributed by atoms with Crippen LogP contribution in [0.15, 0.2) is 22.5 Å². The van der Waals surface area contributed by atoms with Gasteiger partial charge in [0.1, 0.15) is 6.54 Å². The van der Waals surface area contributed by atoms with Gasteiger partial charge in [-0.1, -0.05) is 19.9 Å². The van der Waals surface area contributed by atoms with E-state index < -0.39 is 0 Å². The van der Waals surface area contributed by atoms with Gasteiger partial charge in [0.25, 0.3) is 0 Å². The quantitative estimate of drug-likeness (QED) is 0.614. The maximum Gasteiger partial charge on any atom is 0.243 e. The van der Waals surface area contributed by atoms with Crippen molar-refractivity contribution in [2.24, 2.45) is 10.9 Å². The molecule has 1 aromatic heterocycles. The number of hydrogen-bond acceptors (Lipinski definition) is 4. The minimum atomic E-state index is -0.0333. The molecule has 0 bridgehead atoms. The molecule has 0 atom stereocenters. The zero-order chi connectivity index (χ0) is 19.1. The van der Waals surface area contributed by atoms with Gasteiger partial charge in [-0.2, -0.15) is 0 Å². The first-order valence-electron chi connectivity index (χ1n) is 8.93. The summed E-state index contributed by atoms with van der Waals surface area (Å²) in [6.07, 6.45) is 0. The molecule has 2 amide bonds. The number of piperazine rings is 1. The Kier molecular flexibility index (Phi) is 7.44. The van der Waals surface area contributed by atoms with Crippen molar-refractivity contribution in [3.05, 3.63) is 22.4 Å². The van der Waals surface area contributed by atoms with Crippen molar-refractivity contribution >= 4 is 29.1 Å². The Bertz CT molecular complexity index is 620. The topological polar surface area (TPSA) is 68.2 Å². The lowest BCUT2D eigenvalue weighted by Gasteiger charge is -2.37. The number of hydrogen-bond donors (Lipinski definition) is 1. The van der Waals surface area contributed by atoms with Crippen LogP contribution in [0.5, 0.6) is 0 Å². The molecule has 2 rings (SSSR count). The second-order valence-electron chi connectivity index (χ2n) is 6.83. The highest BCUT2D eigenvalue weighted by Crippen LogP contribution is 2.10. The van der Waals surface area contributed by atoms with Gasteiger partial charge in [-0.15, -0.1) is 11.3 Å². The number of amides is 2. The summed E-state index contributed by atoms with van der Waals surface area (Å²) in [6, 6.07) is 4.09. The lowest BCUT2D eigenvalue weighted by atomic mass is 10.1. The monoisotopic (exact) mass is 379 g/mol. The third-order valence-corrected chi connectivity index (χ3v) is 5.12. The van der Waals surface area contributed by atoms with Crippen molar-refractivity contribution in [2.45, 2.75) is 20.4 Å². The van der Waals surface area contributed by atoms with Gasteiger partial charge >= 0.3 is 0 Å². The van der Waals surface area contributed by atoms with Crippen LogP contribution < -0.4 is 5.32 Å². The number of aliphatic imine (C=N–C) groups is 1. The normalized spacial score (nSPS) is 15.3. The fourth-order valence-corrected chi connectivity index (χ4v) is 3.28. The van der Waals surface area contributed by atoms with Gasteiger partial charge in [0.15, 0.2) is 5.96 Å². The molecule has 8 heteroatoms. The molecule has 0 unspecified atom stereocenters. The molecule has 0 saturated carbocycles. The number of carbonyl (C=O) groups is 2. The Balaban J connectivity index is 2.00. The molecule has 1 aromatic rings. The molecule has 1 aliphatic heterocycles. The second-order valence-corrected chi connectivity index (χ2v) is 7.86. The van der Waals surface area contributed by atoms with Crippen LogP contribution >= 0.6 is 11.3 Å². The third kappa shape index (κ3) is 5.72. The van der Waals surface area contributed by atoms with Crippen LogP contribution in [0.2, 0.25) is 0 Å². The third-order valence-electron chi connectivity index (χ3n) is 4.25. The van der Waals surface area contributed by atoms with Crippen molar-refractivity contribution < 1.29 is 9.59 Å². The van der Waals surface area contributed by atoms with Gasteiger partial charge < -0.3 is 20.0 Å². The van der Waals surface area contributed by atoms with Crippen molar-refractivity contribution in [1.82, 2.24) is 20.0 Å². The van der Waals surface area contributed by atoms with Crippen LogP contribution in [0.1, 0.15) is 18.7 Å². The first-order valence-corrected chi connectivity index (χ1v) is 9.81. The Hall–Kier alpha value is -2.09. The zero-order valence-corrected chi connectivity index (χ0v) is 16.9. The number of carbonyl (C=O) groups excluding carboxylic acids is 2. The first-order chi connectivity index (χ1) is 12.4. The summed E-state index contributed by atoms with van der Waals surface area (Å²) in [6.45, 7) is 7.43. The average Bonchev–Trinajstić information content (AvgIpc) is 3.14. The second kappa shape index (κ2) is 9.56. The van der Waals surface area contributed by atoms with Gasteiger partial charge in [-0.3, -0.25) is 9.59 Å². The number of thiophene rings is 1. The van der Waals surface area contributed by atoms with Crippen LogP contribution in [0.4, 0.5) is 0 Å². The van der Waals surface area contributed by atoms with Gasteiger partial charge in [-0.25, -0.2) is 4.99 Å². The number of nitrogens with zero attached hydrogens (tertiary/aromatic N) is 4. The number of guanidine groups is 1. The summed E-state index contributed by atoms with van der Waals surface area (Å²) >= 11 is 1.68. The highest BCUT2D eigenvalue weighted by molar-refractivity contribution is 7.09. The molecule has 2 heterocycles. The predicted octanol–water partition coefficient (Wildman–Crippen LogP) is 1.08. The van der Waals surface area contributed by atoms with E-state index in [0.717, 1.165) is 5.96 Å². The number of rotatable bonds is 5. The van der Waals surface area contributed by atoms with Crippen molar-refractivity contribution in [1.29, 1.82) is 0 Å². The summed E-state index contributed by atoms with van der Waals surface area (Å²) in [4.78, 5) is 35.4. The minimum absolute atomic E-state index is 0.0179. The predicted molar refractivity (Wildman–Crippen MR) is 105 cm³/mol. The van der Waals surface area contributed by atoms with Gasteiger partial charge in [0.2, 0.25) is 11.8 Å². The average molecular weight is 380 g/mol. The fourth-order valence-electron chi connectivity index (χ4n) is 2.63. The molecular weight excluding hydrogens is 350 g/mol. The molecule has 0 aliphatic carbocycles. The fraction of sp³-hybridized carbons (Fsp3) is 0.611. The van der Waals surface area contributed by atoms with Crippen molar-refractivity contribution in [3.63, 3.8) is 0 Å². The lowest BCUT2D eigenvalue weighted by molar-refractivity contribution is -0.135. The van der Waals surface area contributed by atoms with E-state index in [1.807, 2.05) is 30.2 Å². The maximum absolute atomic E-state index is 12.2. The van der Waals surface area contributed by atoms with E-state index in [1.165, 1.54) is 4.88 Å². The number of likely N-dealkylation sites (N-methyl/N-ethyl adjacent to an activating group) is 1. The number of nitrogens with one attached hydrogen (secondary N) is 1. The molecule has 0 radical (unpaired) electrons. The van der Waals surface area contributed by atoms with E-state index in [-0.39, 0.29) is 24.3 Å². The molecule has 1 fully saturated rings. The molecule has 144 valence electrons. The lowest BCUT2D eigenvalue weighted by Crippen LogP contribution is -2.54. The molecule has 0 spiro atoms. The Labute approximate surface area is 159 Å². The molecule has 7 nitrogen and oxygen atoms in total.